The number of rotatable bonds is 3. The first-order valence-electron chi connectivity index (χ1n) is 6.37. The third-order valence-electron chi connectivity index (χ3n) is 3.49. The average Bonchev–Trinajstić information content (AvgIpc) is 2.42. The van der Waals surface area contributed by atoms with E-state index in [4.69, 9.17) is 5.26 Å². The van der Waals surface area contributed by atoms with E-state index in [9.17, 15) is 4.79 Å². The second-order valence-corrected chi connectivity index (χ2v) is 4.80. The smallest absolute Gasteiger partial charge is 0.253 e. The van der Waals surface area contributed by atoms with Crippen molar-refractivity contribution in [2.24, 2.45) is 5.92 Å². The van der Waals surface area contributed by atoms with Crippen LogP contribution in [0.15, 0.2) is 24.5 Å². The molecule has 94 valence electrons. The van der Waals surface area contributed by atoms with Crippen LogP contribution in [0.2, 0.25) is 0 Å². The van der Waals surface area contributed by atoms with Crippen molar-refractivity contribution in [2.75, 3.05) is 0 Å². The van der Waals surface area contributed by atoms with Crippen LogP contribution in [0.1, 0.15) is 42.5 Å². The van der Waals surface area contributed by atoms with E-state index in [1.54, 1.807) is 24.5 Å². The quantitative estimate of drug-likeness (QED) is 0.885. The maximum Gasteiger partial charge on any atom is 0.253 e. The van der Waals surface area contributed by atoms with Crippen molar-refractivity contribution in [2.45, 2.75) is 38.1 Å². The zero-order valence-corrected chi connectivity index (χ0v) is 10.3. The Kier molecular flexibility index (Phi) is 4.30. The molecule has 2 rings (SSSR count). The van der Waals surface area contributed by atoms with E-state index in [-0.39, 0.29) is 11.9 Å². The molecule has 1 aliphatic rings. The number of carbonyl (C=O) groups excluding carboxylic acids is 1. The summed E-state index contributed by atoms with van der Waals surface area (Å²) in [4.78, 5) is 15.9. The van der Waals surface area contributed by atoms with Gasteiger partial charge in [0.25, 0.3) is 5.91 Å². The molecular formula is C14H17N3O. The van der Waals surface area contributed by atoms with Gasteiger partial charge in [0, 0.05) is 24.9 Å². The average molecular weight is 243 g/mol. The number of nitrogens with zero attached hydrogens (tertiary/aromatic N) is 2. The molecule has 0 saturated heterocycles. The van der Waals surface area contributed by atoms with Crippen LogP contribution in [0.3, 0.4) is 0 Å². The fraction of sp³-hybridized carbons (Fsp3) is 0.500. The number of pyridine rings is 1. The monoisotopic (exact) mass is 243 g/mol. The van der Waals surface area contributed by atoms with Gasteiger partial charge in [0.1, 0.15) is 0 Å². The highest BCUT2D eigenvalue weighted by Gasteiger charge is 2.22. The lowest BCUT2D eigenvalue weighted by Crippen LogP contribution is -2.37. The van der Waals surface area contributed by atoms with Crippen molar-refractivity contribution in [3.63, 3.8) is 0 Å². The van der Waals surface area contributed by atoms with Gasteiger partial charge < -0.3 is 5.32 Å². The lowest BCUT2D eigenvalue weighted by Gasteiger charge is -2.27. The Balaban J connectivity index is 1.82. The predicted molar refractivity (Wildman–Crippen MR) is 67.7 cm³/mol. The molecule has 1 aromatic rings. The Morgan fingerprint density at radius 2 is 2.22 bits per heavy atom. The number of carbonyl (C=O) groups is 1. The van der Waals surface area contributed by atoms with Crippen molar-refractivity contribution >= 4 is 5.91 Å². The Labute approximate surface area is 107 Å². The Bertz CT molecular complexity index is 430. The summed E-state index contributed by atoms with van der Waals surface area (Å²) in [6, 6.07) is 6.00. The van der Waals surface area contributed by atoms with Crippen LogP contribution >= 0.6 is 0 Å². The van der Waals surface area contributed by atoms with Crippen LogP contribution in [0.25, 0.3) is 0 Å². The maximum atomic E-state index is 11.9. The summed E-state index contributed by atoms with van der Waals surface area (Å²) < 4.78 is 0. The minimum absolute atomic E-state index is 0.0492. The molecule has 0 radical (unpaired) electrons. The van der Waals surface area contributed by atoms with Crippen molar-refractivity contribution in [1.29, 1.82) is 5.26 Å². The van der Waals surface area contributed by atoms with Crippen LogP contribution in [-0.4, -0.2) is 16.9 Å². The van der Waals surface area contributed by atoms with Crippen LogP contribution in [0.5, 0.6) is 0 Å². The minimum atomic E-state index is -0.0492. The van der Waals surface area contributed by atoms with E-state index in [1.807, 2.05) is 0 Å². The van der Waals surface area contributed by atoms with Crippen LogP contribution < -0.4 is 5.32 Å². The first kappa shape index (κ1) is 12.6. The lowest BCUT2D eigenvalue weighted by molar-refractivity contribution is 0.0922. The zero-order chi connectivity index (χ0) is 12.8. The van der Waals surface area contributed by atoms with Crippen molar-refractivity contribution in [1.82, 2.24) is 10.3 Å². The largest absolute Gasteiger partial charge is 0.349 e. The molecule has 1 N–H and O–H groups in total. The van der Waals surface area contributed by atoms with Gasteiger partial charge in [-0.25, -0.2) is 0 Å². The molecule has 1 fully saturated rings. The van der Waals surface area contributed by atoms with Gasteiger partial charge >= 0.3 is 0 Å². The summed E-state index contributed by atoms with van der Waals surface area (Å²) in [5.41, 5.74) is 0.608. The maximum absolute atomic E-state index is 11.9. The molecule has 0 atom stereocenters. The molecule has 18 heavy (non-hydrogen) atoms. The van der Waals surface area contributed by atoms with Gasteiger partial charge in [-0.2, -0.15) is 5.26 Å². The Morgan fingerprint density at radius 1 is 1.44 bits per heavy atom. The molecule has 0 unspecified atom stereocenters. The Hall–Kier alpha value is -1.89. The van der Waals surface area contributed by atoms with Crippen molar-refractivity contribution < 1.29 is 4.79 Å². The number of nitriles is 1. The normalized spacial score (nSPS) is 23.1. The van der Waals surface area contributed by atoms with Crippen molar-refractivity contribution in [3.8, 4) is 6.07 Å². The molecule has 1 heterocycles. The van der Waals surface area contributed by atoms with Gasteiger partial charge in [0.05, 0.1) is 11.6 Å². The summed E-state index contributed by atoms with van der Waals surface area (Å²) >= 11 is 0. The fourth-order valence-electron chi connectivity index (χ4n) is 2.41. The summed E-state index contributed by atoms with van der Waals surface area (Å²) in [7, 11) is 0. The van der Waals surface area contributed by atoms with E-state index in [1.165, 1.54) is 0 Å². The molecular weight excluding hydrogens is 226 g/mol. The van der Waals surface area contributed by atoms with Gasteiger partial charge in [-0.15, -0.1) is 0 Å². The van der Waals surface area contributed by atoms with Gasteiger partial charge in [0.2, 0.25) is 0 Å². The number of hydrogen-bond donors (Lipinski definition) is 1. The molecule has 0 spiro atoms. The van der Waals surface area contributed by atoms with Crippen LogP contribution in [-0.2, 0) is 0 Å². The summed E-state index contributed by atoms with van der Waals surface area (Å²) in [5.74, 6) is 0.466. The SMILES string of the molecule is N#CCC1CCC(NC(=O)c2cccnc2)CC1. The molecule has 4 heteroatoms. The van der Waals surface area contributed by atoms with Crippen LogP contribution in [0, 0.1) is 17.2 Å². The topological polar surface area (TPSA) is 65.8 Å². The minimum Gasteiger partial charge on any atom is -0.349 e. The van der Waals surface area contributed by atoms with E-state index < -0.39 is 0 Å². The van der Waals surface area contributed by atoms with E-state index >= 15 is 0 Å². The second-order valence-electron chi connectivity index (χ2n) is 4.80. The summed E-state index contributed by atoms with van der Waals surface area (Å²) in [6.45, 7) is 0. The van der Waals surface area contributed by atoms with E-state index in [0.29, 0.717) is 17.9 Å². The van der Waals surface area contributed by atoms with Gasteiger partial charge in [0.15, 0.2) is 0 Å². The molecule has 4 nitrogen and oxygen atoms in total. The summed E-state index contributed by atoms with van der Waals surface area (Å²) in [5, 5.41) is 11.7. The zero-order valence-electron chi connectivity index (χ0n) is 10.3. The molecule has 0 aromatic carbocycles. The number of amides is 1. The molecule has 1 aliphatic carbocycles. The highest BCUT2D eigenvalue weighted by Crippen LogP contribution is 2.26. The number of nitrogens with one attached hydrogen (secondary N) is 1. The van der Waals surface area contributed by atoms with Gasteiger partial charge in [-0.3, -0.25) is 9.78 Å². The van der Waals surface area contributed by atoms with Crippen LogP contribution in [0.4, 0.5) is 0 Å². The standard InChI is InChI=1S/C14H17N3O/c15-8-7-11-3-5-13(6-4-11)17-14(18)12-2-1-9-16-10-12/h1-2,9-11,13H,3-7H2,(H,17,18). The van der Waals surface area contributed by atoms with Gasteiger partial charge in [-0.1, -0.05) is 0 Å². The van der Waals surface area contributed by atoms with E-state index in [2.05, 4.69) is 16.4 Å². The number of hydrogen-bond acceptors (Lipinski definition) is 3. The highest BCUT2D eigenvalue weighted by atomic mass is 16.1. The lowest BCUT2D eigenvalue weighted by atomic mass is 9.84. The molecule has 1 aromatic heterocycles. The fourth-order valence-corrected chi connectivity index (χ4v) is 2.41. The first-order valence-corrected chi connectivity index (χ1v) is 6.37. The highest BCUT2D eigenvalue weighted by molar-refractivity contribution is 5.93. The Morgan fingerprint density at radius 3 is 2.83 bits per heavy atom. The molecule has 0 bridgehead atoms. The van der Waals surface area contributed by atoms with E-state index in [0.717, 1.165) is 25.7 Å². The second kappa shape index (κ2) is 6.15. The summed E-state index contributed by atoms with van der Waals surface area (Å²) in [6.07, 6.45) is 7.89. The third kappa shape index (κ3) is 3.30. The van der Waals surface area contributed by atoms with Crippen molar-refractivity contribution in [3.05, 3.63) is 30.1 Å². The number of aromatic nitrogens is 1. The molecule has 1 saturated carbocycles. The predicted octanol–water partition coefficient (Wildman–Crippen LogP) is 2.28. The van der Waals surface area contributed by atoms with Gasteiger partial charge in [-0.05, 0) is 43.7 Å². The third-order valence-corrected chi connectivity index (χ3v) is 3.49. The molecule has 0 aliphatic heterocycles. The molecule has 1 amide bonds. The first-order chi connectivity index (χ1) is 8.79.